The van der Waals surface area contributed by atoms with Gasteiger partial charge in [0.25, 0.3) is 0 Å². The van der Waals surface area contributed by atoms with Crippen LogP contribution in [0.5, 0.6) is 5.75 Å². The molecule has 1 aromatic heterocycles. The molecule has 2 aliphatic heterocycles. The number of nitrogens with zero attached hydrogens (tertiary/aromatic N) is 4. The number of aromatic nitrogens is 2. The molecule has 1 saturated heterocycles. The minimum absolute atomic E-state index is 0.116. The highest BCUT2D eigenvalue weighted by Gasteiger charge is 2.26. The van der Waals surface area contributed by atoms with Crippen LogP contribution >= 0.6 is 0 Å². The number of anilines is 1. The molecule has 2 aliphatic rings. The Balaban J connectivity index is 1.28. The van der Waals surface area contributed by atoms with E-state index in [0.29, 0.717) is 6.61 Å². The first kappa shape index (κ1) is 18.7. The zero-order chi connectivity index (χ0) is 20.7. The molecular formula is C24H26N4O2. The first-order chi connectivity index (χ1) is 14.6. The van der Waals surface area contributed by atoms with E-state index in [9.17, 15) is 4.79 Å². The summed E-state index contributed by atoms with van der Waals surface area (Å²) in [6.45, 7) is 8.19. The normalized spacial score (nSPS) is 15.4. The first-order valence-corrected chi connectivity index (χ1v) is 10.5. The number of hydrogen-bond acceptors (Lipinski definition) is 4. The van der Waals surface area contributed by atoms with Gasteiger partial charge in [0.15, 0.2) is 0 Å². The number of hydrogen-bond donors (Lipinski definition) is 0. The maximum Gasteiger partial charge on any atom is 0.244 e. The van der Waals surface area contributed by atoms with Gasteiger partial charge < -0.3 is 14.5 Å². The molecule has 3 aromatic rings. The summed E-state index contributed by atoms with van der Waals surface area (Å²) in [4.78, 5) is 17.4. The fourth-order valence-electron chi connectivity index (χ4n) is 4.39. The zero-order valence-corrected chi connectivity index (χ0v) is 17.5. The van der Waals surface area contributed by atoms with Gasteiger partial charge in [-0.3, -0.25) is 9.48 Å². The Morgan fingerprint density at radius 3 is 2.70 bits per heavy atom. The zero-order valence-electron chi connectivity index (χ0n) is 17.5. The quantitative estimate of drug-likeness (QED) is 0.674. The summed E-state index contributed by atoms with van der Waals surface area (Å²) in [7, 11) is 0. The molecule has 154 valence electrons. The summed E-state index contributed by atoms with van der Waals surface area (Å²) in [5.74, 6) is 0.965. The van der Waals surface area contributed by atoms with Gasteiger partial charge in [0.2, 0.25) is 5.91 Å². The molecule has 3 heterocycles. The van der Waals surface area contributed by atoms with Gasteiger partial charge in [-0.25, -0.2) is 0 Å². The molecule has 0 saturated carbocycles. The maximum absolute atomic E-state index is 13.0. The van der Waals surface area contributed by atoms with Crippen LogP contribution in [0.2, 0.25) is 0 Å². The highest BCUT2D eigenvalue weighted by atomic mass is 16.5. The average molecular weight is 402 g/mol. The Morgan fingerprint density at radius 1 is 1.07 bits per heavy atom. The van der Waals surface area contributed by atoms with Crippen molar-refractivity contribution in [3.05, 3.63) is 65.4 Å². The molecule has 6 nitrogen and oxygen atoms in total. The van der Waals surface area contributed by atoms with Crippen molar-refractivity contribution in [2.24, 2.45) is 0 Å². The second kappa shape index (κ2) is 7.52. The Kier molecular flexibility index (Phi) is 4.69. The monoisotopic (exact) mass is 402 g/mol. The smallest absolute Gasteiger partial charge is 0.244 e. The summed E-state index contributed by atoms with van der Waals surface area (Å²) in [6.07, 6.45) is 1.82. The van der Waals surface area contributed by atoms with Crippen LogP contribution in [0.4, 0.5) is 5.69 Å². The van der Waals surface area contributed by atoms with Crippen molar-refractivity contribution in [2.45, 2.75) is 27.0 Å². The van der Waals surface area contributed by atoms with Crippen molar-refractivity contribution in [1.29, 1.82) is 0 Å². The number of rotatable bonds is 3. The molecule has 1 amide bonds. The van der Waals surface area contributed by atoms with Crippen molar-refractivity contribution in [1.82, 2.24) is 14.7 Å². The molecule has 0 unspecified atom stereocenters. The molecule has 6 heteroatoms. The summed E-state index contributed by atoms with van der Waals surface area (Å²) in [5, 5.41) is 4.49. The van der Waals surface area contributed by atoms with E-state index in [0.717, 1.165) is 48.7 Å². The van der Waals surface area contributed by atoms with E-state index in [2.05, 4.69) is 42.0 Å². The van der Waals surface area contributed by atoms with Crippen LogP contribution in [-0.2, 0) is 17.9 Å². The first-order valence-electron chi connectivity index (χ1n) is 10.5. The number of fused-ring (bicyclic) bond motifs is 3. The molecule has 0 spiro atoms. The van der Waals surface area contributed by atoms with E-state index >= 15 is 0 Å². The highest BCUT2D eigenvalue weighted by molar-refractivity contribution is 5.79. The van der Waals surface area contributed by atoms with E-state index in [4.69, 9.17) is 4.74 Å². The summed E-state index contributed by atoms with van der Waals surface area (Å²) >= 11 is 0. The molecular weight excluding hydrogens is 376 g/mol. The summed E-state index contributed by atoms with van der Waals surface area (Å²) < 4.78 is 7.63. The number of carbonyl (C=O) groups is 1. The Bertz CT molecular complexity index is 1100. The third-order valence-corrected chi connectivity index (χ3v) is 6.06. The van der Waals surface area contributed by atoms with Crippen LogP contribution in [0.1, 0.15) is 16.7 Å². The predicted molar refractivity (Wildman–Crippen MR) is 117 cm³/mol. The molecule has 2 aromatic carbocycles. The van der Waals surface area contributed by atoms with Crippen molar-refractivity contribution >= 4 is 11.6 Å². The largest absolute Gasteiger partial charge is 0.488 e. The lowest BCUT2D eigenvalue weighted by Crippen LogP contribution is -2.49. The molecule has 0 radical (unpaired) electrons. The Labute approximate surface area is 176 Å². The van der Waals surface area contributed by atoms with E-state index < -0.39 is 0 Å². The molecule has 1 fully saturated rings. The molecule has 0 N–H and O–H groups in total. The van der Waals surface area contributed by atoms with Gasteiger partial charge in [0.05, 0.1) is 11.9 Å². The van der Waals surface area contributed by atoms with E-state index in [-0.39, 0.29) is 12.5 Å². The molecule has 0 bridgehead atoms. The minimum atomic E-state index is 0.116. The molecule has 0 atom stereocenters. The summed E-state index contributed by atoms with van der Waals surface area (Å²) in [5.41, 5.74) is 6.86. The predicted octanol–water partition coefficient (Wildman–Crippen LogP) is 3.41. The third kappa shape index (κ3) is 3.32. The van der Waals surface area contributed by atoms with Gasteiger partial charge in [-0.2, -0.15) is 5.10 Å². The van der Waals surface area contributed by atoms with Crippen LogP contribution in [0.15, 0.2) is 48.7 Å². The number of benzene rings is 2. The van der Waals surface area contributed by atoms with Gasteiger partial charge in [0, 0.05) is 43.0 Å². The molecule has 5 rings (SSSR count). The fraction of sp³-hybridized carbons (Fsp3) is 0.333. The van der Waals surface area contributed by atoms with Crippen molar-refractivity contribution in [3.63, 3.8) is 0 Å². The fourth-order valence-corrected chi connectivity index (χ4v) is 4.39. The Morgan fingerprint density at radius 2 is 1.87 bits per heavy atom. The lowest BCUT2D eigenvalue weighted by molar-refractivity contribution is -0.132. The van der Waals surface area contributed by atoms with E-state index in [1.165, 1.54) is 16.8 Å². The number of ether oxygens (including phenoxy) is 1. The second-order valence-electron chi connectivity index (χ2n) is 8.12. The lowest BCUT2D eigenvalue weighted by Gasteiger charge is -2.37. The molecule has 30 heavy (non-hydrogen) atoms. The van der Waals surface area contributed by atoms with Crippen LogP contribution in [0.25, 0.3) is 11.3 Å². The van der Waals surface area contributed by atoms with Crippen molar-refractivity contribution in [3.8, 4) is 17.0 Å². The summed E-state index contributed by atoms with van der Waals surface area (Å²) in [6, 6.07) is 14.5. The van der Waals surface area contributed by atoms with Crippen LogP contribution < -0.4 is 9.64 Å². The van der Waals surface area contributed by atoms with Gasteiger partial charge >= 0.3 is 0 Å². The third-order valence-electron chi connectivity index (χ3n) is 6.06. The number of aryl methyl sites for hydroxylation is 2. The average Bonchev–Trinajstić information content (AvgIpc) is 3.19. The number of para-hydroxylation sites is 1. The molecule has 0 aliphatic carbocycles. The van der Waals surface area contributed by atoms with Crippen LogP contribution in [0, 0.1) is 13.8 Å². The lowest BCUT2D eigenvalue weighted by atomic mass is 10.0. The van der Waals surface area contributed by atoms with Gasteiger partial charge in [-0.05, 0) is 43.2 Å². The van der Waals surface area contributed by atoms with Crippen LogP contribution in [0.3, 0.4) is 0 Å². The number of piperazine rings is 1. The Hall–Kier alpha value is -3.28. The SMILES string of the molecule is Cc1ccc(C)c(N2CCN(C(=O)Cn3ncc4c3-c3ccccc3OC4)CC2)c1. The van der Waals surface area contributed by atoms with E-state index in [1.54, 1.807) is 0 Å². The standard InChI is InChI=1S/C24H26N4O2/c1-17-7-8-18(2)21(13-17)26-9-11-27(12-10-26)23(29)15-28-24-19(14-25-28)16-30-22-6-4-3-5-20(22)24/h3-8,13-14H,9-12,15-16H2,1-2H3. The van der Waals surface area contributed by atoms with Crippen LogP contribution in [-0.4, -0.2) is 46.8 Å². The van der Waals surface area contributed by atoms with Gasteiger partial charge in [0.1, 0.15) is 18.9 Å². The van der Waals surface area contributed by atoms with E-state index in [1.807, 2.05) is 40.0 Å². The number of carbonyl (C=O) groups excluding carboxylic acids is 1. The van der Waals surface area contributed by atoms with Gasteiger partial charge in [-0.15, -0.1) is 0 Å². The van der Waals surface area contributed by atoms with Gasteiger partial charge in [-0.1, -0.05) is 24.3 Å². The highest BCUT2D eigenvalue weighted by Crippen LogP contribution is 2.37. The van der Waals surface area contributed by atoms with Crippen molar-refractivity contribution < 1.29 is 9.53 Å². The van der Waals surface area contributed by atoms with Crippen molar-refractivity contribution in [2.75, 3.05) is 31.1 Å². The number of amides is 1. The topological polar surface area (TPSA) is 50.6 Å². The minimum Gasteiger partial charge on any atom is -0.488 e. The second-order valence-corrected chi connectivity index (χ2v) is 8.12. The maximum atomic E-state index is 13.0.